The van der Waals surface area contributed by atoms with Crippen molar-refractivity contribution in [3.05, 3.63) is 114 Å². The summed E-state index contributed by atoms with van der Waals surface area (Å²) < 4.78 is 0. The lowest BCUT2D eigenvalue weighted by atomic mass is 9.90. The molecule has 0 bridgehead atoms. The highest BCUT2D eigenvalue weighted by Gasteiger charge is 2.15. The number of fused-ring (bicyclic) bond motifs is 1. The third-order valence-electron chi connectivity index (χ3n) is 7.47. The third kappa shape index (κ3) is 5.01. The van der Waals surface area contributed by atoms with E-state index in [4.69, 9.17) is 9.97 Å². The van der Waals surface area contributed by atoms with Crippen LogP contribution < -0.4 is 0 Å². The molecule has 2 aromatic heterocycles. The van der Waals surface area contributed by atoms with Gasteiger partial charge in [0.25, 0.3) is 0 Å². The first-order valence-corrected chi connectivity index (χ1v) is 13.9. The van der Waals surface area contributed by atoms with Crippen molar-refractivity contribution in [2.75, 3.05) is 0 Å². The zero-order valence-electron chi connectivity index (χ0n) is 23.3. The van der Waals surface area contributed by atoms with Gasteiger partial charge in [0.2, 0.25) is 0 Å². The number of rotatable bonds is 6. The van der Waals surface area contributed by atoms with Gasteiger partial charge in [-0.2, -0.15) is 0 Å². The molecule has 0 saturated carbocycles. The molecule has 0 spiro atoms. The Morgan fingerprint density at radius 3 is 1.95 bits per heavy atom. The standard InChI is InChI=1S/C36H33N3O/c1-22(2)26-17-27(23(3)4)19-28(18-26)29-20-33(37-34(21-29)30-12-5-8-15-35(30)40)24-10-9-11-25(16-24)36-38-31-13-6-7-14-32(31)39-36/h5-23,40H,1-4H3,(H,38,39). The molecule has 0 atom stereocenters. The first-order valence-electron chi connectivity index (χ1n) is 13.9. The van der Waals surface area contributed by atoms with Crippen LogP contribution in [-0.2, 0) is 0 Å². The van der Waals surface area contributed by atoms with Crippen LogP contribution in [0.4, 0.5) is 0 Å². The highest BCUT2D eigenvalue weighted by Crippen LogP contribution is 2.36. The van der Waals surface area contributed by atoms with E-state index in [1.165, 1.54) is 11.1 Å². The van der Waals surface area contributed by atoms with Crippen molar-refractivity contribution in [1.82, 2.24) is 15.0 Å². The minimum absolute atomic E-state index is 0.216. The molecule has 2 N–H and O–H groups in total. The summed E-state index contributed by atoms with van der Waals surface area (Å²) in [5, 5.41) is 10.7. The molecule has 0 unspecified atom stereocenters. The number of nitrogens with zero attached hydrogens (tertiary/aromatic N) is 2. The molecule has 40 heavy (non-hydrogen) atoms. The number of hydrogen-bond acceptors (Lipinski definition) is 3. The molecular formula is C36H33N3O. The van der Waals surface area contributed by atoms with E-state index in [-0.39, 0.29) is 5.75 Å². The second-order valence-corrected chi connectivity index (χ2v) is 11.0. The molecule has 2 heterocycles. The SMILES string of the molecule is CC(C)c1cc(-c2cc(-c3cccc(-c4nc5ccccc5[nH]4)c3)nc(-c3ccccc3O)c2)cc(C(C)C)c1. The second kappa shape index (κ2) is 10.5. The molecule has 6 rings (SSSR count). The number of para-hydroxylation sites is 3. The molecule has 4 aromatic carbocycles. The van der Waals surface area contributed by atoms with Crippen LogP contribution in [0.2, 0.25) is 0 Å². The van der Waals surface area contributed by atoms with Gasteiger partial charge in [0.15, 0.2) is 0 Å². The summed E-state index contributed by atoms with van der Waals surface area (Å²) in [6.07, 6.45) is 0. The van der Waals surface area contributed by atoms with Gasteiger partial charge in [-0.15, -0.1) is 0 Å². The summed E-state index contributed by atoms with van der Waals surface area (Å²) in [7, 11) is 0. The van der Waals surface area contributed by atoms with Gasteiger partial charge in [-0.05, 0) is 76.6 Å². The Bertz CT molecular complexity index is 1770. The lowest BCUT2D eigenvalue weighted by Crippen LogP contribution is -1.96. The van der Waals surface area contributed by atoms with E-state index in [2.05, 4.69) is 81.2 Å². The quantitative estimate of drug-likeness (QED) is 0.228. The number of aromatic amines is 1. The Morgan fingerprint density at radius 2 is 1.23 bits per heavy atom. The largest absolute Gasteiger partial charge is 0.507 e. The Morgan fingerprint density at radius 1 is 0.575 bits per heavy atom. The van der Waals surface area contributed by atoms with Gasteiger partial charge in [-0.25, -0.2) is 9.97 Å². The molecule has 0 fully saturated rings. The molecule has 0 aliphatic rings. The maximum Gasteiger partial charge on any atom is 0.138 e. The van der Waals surface area contributed by atoms with E-state index in [1.54, 1.807) is 6.07 Å². The van der Waals surface area contributed by atoms with Gasteiger partial charge in [0, 0.05) is 16.7 Å². The van der Waals surface area contributed by atoms with E-state index in [9.17, 15) is 5.11 Å². The monoisotopic (exact) mass is 523 g/mol. The van der Waals surface area contributed by atoms with Crippen LogP contribution in [0.25, 0.3) is 56.1 Å². The Labute approximate surface area is 235 Å². The molecule has 0 radical (unpaired) electrons. The molecule has 0 amide bonds. The Kier molecular flexibility index (Phi) is 6.69. The average Bonchev–Trinajstić information content (AvgIpc) is 3.41. The number of H-pyrrole nitrogens is 1. The fourth-order valence-electron chi connectivity index (χ4n) is 5.10. The summed E-state index contributed by atoms with van der Waals surface area (Å²) in [4.78, 5) is 13.3. The second-order valence-electron chi connectivity index (χ2n) is 11.0. The maximum absolute atomic E-state index is 10.7. The van der Waals surface area contributed by atoms with Gasteiger partial charge in [-0.3, -0.25) is 0 Å². The lowest BCUT2D eigenvalue weighted by Gasteiger charge is -2.16. The van der Waals surface area contributed by atoms with Crippen LogP contribution in [0.5, 0.6) is 5.75 Å². The van der Waals surface area contributed by atoms with Crippen molar-refractivity contribution < 1.29 is 5.11 Å². The van der Waals surface area contributed by atoms with E-state index >= 15 is 0 Å². The van der Waals surface area contributed by atoms with E-state index in [0.29, 0.717) is 17.4 Å². The molecule has 6 aromatic rings. The predicted octanol–water partition coefficient (Wildman–Crippen LogP) is 9.58. The normalized spacial score (nSPS) is 11.6. The van der Waals surface area contributed by atoms with Gasteiger partial charge in [0.05, 0.1) is 22.4 Å². The molecule has 0 aliphatic heterocycles. The van der Waals surface area contributed by atoms with Crippen LogP contribution >= 0.6 is 0 Å². The van der Waals surface area contributed by atoms with Crippen molar-refractivity contribution in [3.8, 4) is 50.8 Å². The predicted molar refractivity (Wildman–Crippen MR) is 165 cm³/mol. The molecule has 198 valence electrons. The van der Waals surface area contributed by atoms with Crippen molar-refractivity contribution >= 4 is 11.0 Å². The number of phenols is 1. The molecule has 0 saturated heterocycles. The highest BCUT2D eigenvalue weighted by atomic mass is 16.3. The van der Waals surface area contributed by atoms with Gasteiger partial charge < -0.3 is 10.1 Å². The first-order chi connectivity index (χ1) is 19.4. The van der Waals surface area contributed by atoms with Crippen LogP contribution in [0, 0.1) is 0 Å². The molecule has 0 aliphatic carbocycles. The summed E-state index contributed by atoms with van der Waals surface area (Å²) >= 11 is 0. The first kappa shape index (κ1) is 25.6. The summed E-state index contributed by atoms with van der Waals surface area (Å²) in [6, 6.07) is 34.9. The fraction of sp³-hybridized carbons (Fsp3) is 0.167. The topological polar surface area (TPSA) is 61.8 Å². The van der Waals surface area contributed by atoms with Gasteiger partial charge in [-0.1, -0.05) is 88.4 Å². The van der Waals surface area contributed by atoms with Gasteiger partial charge >= 0.3 is 0 Å². The number of pyridine rings is 1. The zero-order chi connectivity index (χ0) is 27.8. The number of aromatic hydroxyl groups is 1. The third-order valence-corrected chi connectivity index (χ3v) is 7.47. The summed E-state index contributed by atoms with van der Waals surface area (Å²) in [5.74, 6) is 1.87. The van der Waals surface area contributed by atoms with E-state index in [0.717, 1.165) is 50.5 Å². The molecule has 4 heteroatoms. The smallest absolute Gasteiger partial charge is 0.138 e. The molecular weight excluding hydrogens is 490 g/mol. The van der Waals surface area contributed by atoms with Crippen molar-refractivity contribution in [1.29, 1.82) is 0 Å². The number of imidazole rings is 1. The lowest BCUT2D eigenvalue weighted by molar-refractivity contribution is 0.477. The minimum Gasteiger partial charge on any atom is -0.507 e. The van der Waals surface area contributed by atoms with Crippen LogP contribution in [-0.4, -0.2) is 20.1 Å². The van der Waals surface area contributed by atoms with E-state index in [1.807, 2.05) is 48.5 Å². The van der Waals surface area contributed by atoms with Gasteiger partial charge in [0.1, 0.15) is 11.6 Å². The number of benzene rings is 4. The summed E-state index contributed by atoms with van der Waals surface area (Å²) in [6.45, 7) is 8.94. The fourth-order valence-corrected chi connectivity index (χ4v) is 5.10. The minimum atomic E-state index is 0.216. The van der Waals surface area contributed by atoms with Crippen molar-refractivity contribution in [2.45, 2.75) is 39.5 Å². The van der Waals surface area contributed by atoms with Crippen molar-refractivity contribution in [3.63, 3.8) is 0 Å². The molecule has 4 nitrogen and oxygen atoms in total. The van der Waals surface area contributed by atoms with Crippen LogP contribution in [0.15, 0.2) is 103 Å². The van der Waals surface area contributed by atoms with Crippen LogP contribution in [0.3, 0.4) is 0 Å². The number of phenolic OH excluding ortho intramolecular Hbond substituents is 1. The maximum atomic E-state index is 10.7. The Hall–Kier alpha value is -4.70. The summed E-state index contributed by atoms with van der Waals surface area (Å²) in [5.41, 5.74) is 11.1. The van der Waals surface area contributed by atoms with E-state index < -0.39 is 0 Å². The highest BCUT2D eigenvalue weighted by molar-refractivity contribution is 5.82. The Balaban J connectivity index is 1.53. The zero-order valence-corrected chi connectivity index (χ0v) is 23.3. The van der Waals surface area contributed by atoms with Crippen LogP contribution in [0.1, 0.15) is 50.7 Å². The number of hydrogen-bond donors (Lipinski definition) is 2. The van der Waals surface area contributed by atoms with Crippen molar-refractivity contribution in [2.24, 2.45) is 0 Å². The number of aromatic nitrogens is 3. The average molecular weight is 524 g/mol. The number of nitrogens with one attached hydrogen (secondary N) is 1.